The number of phenolic OH excluding ortho intramolecular Hbond substituents is 1. The van der Waals surface area contributed by atoms with Gasteiger partial charge >= 0.3 is 0 Å². The molecule has 2 amide bonds. The first-order chi connectivity index (χ1) is 19.0. The van der Waals surface area contributed by atoms with Crippen molar-refractivity contribution in [3.8, 4) is 16.9 Å². The fourth-order valence-corrected chi connectivity index (χ4v) is 7.83. The topological polar surface area (TPSA) is 198 Å². The van der Waals surface area contributed by atoms with Gasteiger partial charge in [-0.2, -0.15) is 0 Å². The molecule has 214 valence electrons. The summed E-state index contributed by atoms with van der Waals surface area (Å²) in [7, 11) is 3.06. The van der Waals surface area contributed by atoms with E-state index in [1.807, 2.05) is 0 Å². The van der Waals surface area contributed by atoms with Gasteiger partial charge < -0.3 is 21.7 Å². The van der Waals surface area contributed by atoms with Gasteiger partial charge in [-0.05, 0) is 67.2 Å². The van der Waals surface area contributed by atoms with Crippen molar-refractivity contribution in [1.29, 1.82) is 0 Å². The van der Waals surface area contributed by atoms with Crippen molar-refractivity contribution in [3.05, 3.63) is 53.1 Å². The zero-order chi connectivity index (χ0) is 30.4. The molecule has 0 radical (unpaired) electrons. The number of aliphatic hydroxyl groups is 1. The normalized spacial score (nSPS) is 32.8. The highest BCUT2D eigenvalue weighted by atomic mass is 16.3. The molecule has 2 aromatic rings. The van der Waals surface area contributed by atoms with E-state index in [2.05, 4.69) is 0 Å². The lowest BCUT2D eigenvalue weighted by Gasteiger charge is -2.61. The number of carbonyl (C=O) groups excluding carboxylic acids is 6. The first-order valence-electron chi connectivity index (χ1n) is 13.1. The number of likely N-dealkylation sites (N-methyl/N-ethyl adjacent to an activating group) is 1. The van der Waals surface area contributed by atoms with Gasteiger partial charge in [0, 0.05) is 11.0 Å². The summed E-state index contributed by atoms with van der Waals surface area (Å²) in [6.07, 6.45) is -0.0667. The Morgan fingerprint density at radius 3 is 2.24 bits per heavy atom. The van der Waals surface area contributed by atoms with E-state index < -0.39 is 69.3 Å². The third-order valence-electron chi connectivity index (χ3n) is 9.33. The standard InChI is InChI=1S/C30H31N3O8/c1-28-11-16-15(13-6-5-7-14(10-13)26(31)39)8-9-17(34)18(16)21(35)20(28)25(38)30(41)24(37)19(27(32)40)22(36)23(33(3)4)29(30,2)12-28/h5-10,19-20,23,34,41H,11-12H2,1-4H3,(H2,31,39)(H2,32,40)/t19?,20?,23-,28+,29+,30-/m1/s1. The monoisotopic (exact) mass is 561 g/mol. The van der Waals surface area contributed by atoms with E-state index in [1.165, 1.54) is 32.0 Å². The predicted octanol–water partition coefficient (Wildman–Crippen LogP) is 0.413. The summed E-state index contributed by atoms with van der Waals surface area (Å²) in [6, 6.07) is 8.09. The number of amides is 2. The van der Waals surface area contributed by atoms with Crippen molar-refractivity contribution in [2.24, 2.45) is 34.1 Å². The minimum absolute atomic E-state index is 0.0580. The van der Waals surface area contributed by atoms with Gasteiger partial charge in [-0.25, -0.2) is 0 Å². The third-order valence-corrected chi connectivity index (χ3v) is 9.33. The number of hydrogen-bond acceptors (Lipinski definition) is 9. The molecule has 0 aliphatic heterocycles. The Labute approximate surface area is 235 Å². The Bertz CT molecular complexity index is 1600. The number of hydrogen-bond donors (Lipinski definition) is 4. The predicted molar refractivity (Wildman–Crippen MR) is 145 cm³/mol. The summed E-state index contributed by atoms with van der Waals surface area (Å²) in [5.74, 6) is -10.0. The van der Waals surface area contributed by atoms with Crippen molar-refractivity contribution >= 4 is 34.9 Å². The van der Waals surface area contributed by atoms with Crippen LogP contribution in [0.1, 0.15) is 46.5 Å². The summed E-state index contributed by atoms with van der Waals surface area (Å²) < 4.78 is 0. The van der Waals surface area contributed by atoms with Crippen molar-refractivity contribution in [2.45, 2.75) is 38.3 Å². The number of primary amides is 2. The number of nitrogens with zero attached hydrogens (tertiary/aromatic N) is 1. The molecule has 6 N–H and O–H groups in total. The maximum Gasteiger partial charge on any atom is 0.248 e. The number of fused-ring (bicyclic) bond motifs is 3. The van der Waals surface area contributed by atoms with Crippen LogP contribution in [0.3, 0.4) is 0 Å². The summed E-state index contributed by atoms with van der Waals surface area (Å²) in [5.41, 5.74) is 6.67. The molecule has 6 atom stereocenters. The lowest BCUT2D eigenvalue weighted by molar-refractivity contribution is -0.203. The molecule has 0 aromatic heterocycles. The molecule has 11 nitrogen and oxygen atoms in total. The lowest BCUT2D eigenvalue weighted by atomic mass is 9.42. The number of rotatable bonds is 4. The summed E-state index contributed by atoms with van der Waals surface area (Å²) in [4.78, 5) is 81.1. The highest BCUT2D eigenvalue weighted by molar-refractivity contribution is 6.33. The fourth-order valence-electron chi connectivity index (χ4n) is 7.83. The van der Waals surface area contributed by atoms with Gasteiger partial charge in [-0.15, -0.1) is 0 Å². The summed E-state index contributed by atoms with van der Waals surface area (Å²) >= 11 is 0. The first kappa shape index (κ1) is 28.3. The second-order valence-electron chi connectivity index (χ2n) is 12.2. The van der Waals surface area contributed by atoms with Crippen LogP contribution in [0, 0.1) is 22.7 Å². The van der Waals surface area contributed by atoms with E-state index in [0.717, 1.165) is 0 Å². The van der Waals surface area contributed by atoms with Crippen LogP contribution in [0.25, 0.3) is 11.1 Å². The Kier molecular flexibility index (Phi) is 6.14. The Balaban J connectivity index is 1.74. The van der Waals surface area contributed by atoms with E-state index in [9.17, 15) is 39.0 Å². The summed E-state index contributed by atoms with van der Waals surface area (Å²) in [5, 5.41) is 22.8. The van der Waals surface area contributed by atoms with E-state index in [1.54, 1.807) is 37.3 Å². The van der Waals surface area contributed by atoms with E-state index in [-0.39, 0.29) is 29.7 Å². The number of carbonyl (C=O) groups is 6. The highest BCUT2D eigenvalue weighted by Gasteiger charge is 2.76. The second-order valence-corrected chi connectivity index (χ2v) is 12.2. The maximum absolute atomic E-state index is 14.3. The second kappa shape index (κ2) is 8.89. The molecule has 5 rings (SSSR count). The molecule has 0 bridgehead atoms. The van der Waals surface area contributed by atoms with Gasteiger partial charge in [-0.3, -0.25) is 33.7 Å². The van der Waals surface area contributed by atoms with Crippen LogP contribution < -0.4 is 11.5 Å². The molecule has 0 heterocycles. The Hall–Kier alpha value is -4.22. The van der Waals surface area contributed by atoms with Crippen LogP contribution in [-0.2, 0) is 25.6 Å². The highest BCUT2D eigenvalue weighted by Crippen LogP contribution is 2.62. The van der Waals surface area contributed by atoms with Gasteiger partial charge in [0.1, 0.15) is 5.75 Å². The number of aromatic hydroxyl groups is 1. The third kappa shape index (κ3) is 3.58. The average molecular weight is 562 g/mol. The zero-order valence-electron chi connectivity index (χ0n) is 23.1. The largest absolute Gasteiger partial charge is 0.507 e. The smallest absolute Gasteiger partial charge is 0.248 e. The molecular formula is C30H31N3O8. The van der Waals surface area contributed by atoms with Crippen molar-refractivity contribution in [2.75, 3.05) is 14.1 Å². The minimum Gasteiger partial charge on any atom is -0.507 e. The number of phenols is 1. The first-order valence-corrected chi connectivity index (χ1v) is 13.1. The van der Waals surface area contributed by atoms with E-state index in [0.29, 0.717) is 16.7 Å². The molecule has 3 aliphatic carbocycles. The quantitative estimate of drug-likeness (QED) is 0.382. The van der Waals surface area contributed by atoms with Crippen LogP contribution in [0.4, 0.5) is 0 Å². The van der Waals surface area contributed by atoms with E-state index in [4.69, 9.17) is 11.5 Å². The Morgan fingerprint density at radius 2 is 1.66 bits per heavy atom. The van der Waals surface area contributed by atoms with Crippen LogP contribution in [0.2, 0.25) is 0 Å². The van der Waals surface area contributed by atoms with Crippen molar-refractivity contribution in [1.82, 2.24) is 4.90 Å². The average Bonchev–Trinajstić information content (AvgIpc) is 2.86. The van der Waals surface area contributed by atoms with Crippen LogP contribution in [-0.4, -0.2) is 75.8 Å². The van der Waals surface area contributed by atoms with Crippen LogP contribution >= 0.6 is 0 Å². The number of ketones is 4. The van der Waals surface area contributed by atoms with Gasteiger partial charge in [0.2, 0.25) is 11.8 Å². The van der Waals surface area contributed by atoms with Gasteiger partial charge in [0.25, 0.3) is 0 Å². The molecule has 11 heteroatoms. The SMILES string of the molecule is CN(C)[C@@H]1C(=O)C(C(N)=O)C(=O)[C@@]2(O)C(=O)C3C(=O)c4c(O)ccc(-c5cccc(C(N)=O)c5)c4C[C@@]3(C)C[C@@]12C. The summed E-state index contributed by atoms with van der Waals surface area (Å²) in [6.45, 7) is 3.13. The minimum atomic E-state index is -2.87. The van der Waals surface area contributed by atoms with Gasteiger partial charge in [0.15, 0.2) is 34.7 Å². The fraction of sp³-hybridized carbons (Fsp3) is 0.400. The molecule has 3 aliphatic rings. The van der Waals surface area contributed by atoms with Gasteiger partial charge in [0.05, 0.1) is 17.5 Å². The molecule has 2 unspecified atom stereocenters. The van der Waals surface area contributed by atoms with Crippen LogP contribution in [0.15, 0.2) is 36.4 Å². The zero-order valence-corrected chi connectivity index (χ0v) is 23.1. The van der Waals surface area contributed by atoms with E-state index >= 15 is 0 Å². The molecule has 0 spiro atoms. The Morgan fingerprint density at radius 1 is 1.00 bits per heavy atom. The number of Topliss-reactive ketones (excluding diaryl/α,β-unsaturated/α-hetero) is 4. The van der Waals surface area contributed by atoms with Crippen molar-refractivity contribution < 1.29 is 39.0 Å². The van der Waals surface area contributed by atoms with Gasteiger partial charge in [-0.1, -0.05) is 32.0 Å². The molecule has 2 saturated carbocycles. The molecule has 2 aromatic carbocycles. The molecule has 2 fully saturated rings. The van der Waals surface area contributed by atoms with Crippen molar-refractivity contribution in [3.63, 3.8) is 0 Å². The van der Waals surface area contributed by atoms with Crippen LogP contribution in [0.5, 0.6) is 5.75 Å². The molecular weight excluding hydrogens is 530 g/mol. The number of nitrogens with two attached hydrogens (primary N) is 2. The maximum atomic E-state index is 14.3. The number of benzene rings is 2. The lowest BCUT2D eigenvalue weighted by Crippen LogP contribution is -2.79. The molecule has 0 saturated heterocycles. The molecule has 41 heavy (non-hydrogen) atoms.